The van der Waals surface area contributed by atoms with E-state index in [1.54, 1.807) is 5.57 Å². The smallest absolute Gasteiger partial charge is 0.303 e. The van der Waals surface area contributed by atoms with Gasteiger partial charge in [0.1, 0.15) is 0 Å². The molecule has 3 heteroatoms. The SMILES string of the molecule is C[C@H](CCC(=O)O)[C@H]1CCC2[C@@H]3CC=C4C[C@H](O)CC[C@]4(C)C3CC[C@@]21C. The molecule has 0 bridgehead atoms. The Morgan fingerprint density at radius 1 is 1.19 bits per heavy atom. The second-order valence-electron chi connectivity index (χ2n) is 10.8. The molecule has 0 aliphatic heterocycles. The minimum absolute atomic E-state index is 0.124. The van der Waals surface area contributed by atoms with Crippen LogP contribution in [-0.2, 0) is 4.79 Å². The van der Waals surface area contributed by atoms with Crippen molar-refractivity contribution in [1.82, 2.24) is 0 Å². The summed E-state index contributed by atoms with van der Waals surface area (Å²) in [7, 11) is 0. The average molecular weight is 375 g/mol. The maximum absolute atomic E-state index is 11.0. The highest BCUT2D eigenvalue weighted by Gasteiger charge is 2.59. The van der Waals surface area contributed by atoms with E-state index in [1.807, 2.05) is 0 Å². The Morgan fingerprint density at radius 3 is 2.70 bits per heavy atom. The first-order chi connectivity index (χ1) is 12.8. The van der Waals surface area contributed by atoms with Gasteiger partial charge in [-0.2, -0.15) is 0 Å². The topological polar surface area (TPSA) is 57.5 Å². The van der Waals surface area contributed by atoms with E-state index in [9.17, 15) is 9.90 Å². The van der Waals surface area contributed by atoms with E-state index in [0.717, 1.165) is 43.4 Å². The Morgan fingerprint density at radius 2 is 1.96 bits per heavy atom. The van der Waals surface area contributed by atoms with Crippen molar-refractivity contribution in [2.45, 2.75) is 91.1 Å². The molecule has 4 aliphatic carbocycles. The number of aliphatic hydroxyl groups excluding tert-OH is 1. The summed E-state index contributed by atoms with van der Waals surface area (Å²) in [6.07, 6.45) is 13.0. The van der Waals surface area contributed by atoms with E-state index in [0.29, 0.717) is 29.1 Å². The zero-order chi connectivity index (χ0) is 19.4. The van der Waals surface area contributed by atoms with Gasteiger partial charge in [-0.25, -0.2) is 0 Å². The van der Waals surface area contributed by atoms with Gasteiger partial charge >= 0.3 is 5.97 Å². The number of hydrogen-bond acceptors (Lipinski definition) is 2. The maximum Gasteiger partial charge on any atom is 0.303 e. The van der Waals surface area contributed by atoms with Crippen LogP contribution in [0.25, 0.3) is 0 Å². The van der Waals surface area contributed by atoms with Crippen molar-refractivity contribution in [3.63, 3.8) is 0 Å². The highest BCUT2D eigenvalue weighted by atomic mass is 16.4. The van der Waals surface area contributed by atoms with Gasteiger partial charge in [-0.15, -0.1) is 0 Å². The molecule has 0 heterocycles. The maximum atomic E-state index is 11.0. The molecule has 3 fully saturated rings. The predicted octanol–water partition coefficient (Wildman–Crippen LogP) is 5.43. The highest BCUT2D eigenvalue weighted by molar-refractivity contribution is 5.66. The molecule has 0 amide bonds. The van der Waals surface area contributed by atoms with Crippen LogP contribution in [0.3, 0.4) is 0 Å². The van der Waals surface area contributed by atoms with E-state index >= 15 is 0 Å². The van der Waals surface area contributed by atoms with Crippen molar-refractivity contribution in [2.75, 3.05) is 0 Å². The summed E-state index contributed by atoms with van der Waals surface area (Å²) in [4.78, 5) is 11.0. The lowest BCUT2D eigenvalue weighted by Crippen LogP contribution is -2.50. The van der Waals surface area contributed by atoms with Crippen molar-refractivity contribution in [3.8, 4) is 0 Å². The molecule has 0 aromatic carbocycles. The minimum atomic E-state index is -0.650. The van der Waals surface area contributed by atoms with Gasteiger partial charge in [0.15, 0.2) is 0 Å². The summed E-state index contributed by atoms with van der Waals surface area (Å²) < 4.78 is 0. The largest absolute Gasteiger partial charge is 0.481 e. The van der Waals surface area contributed by atoms with Crippen LogP contribution in [0.1, 0.15) is 85.0 Å². The summed E-state index contributed by atoms with van der Waals surface area (Å²) in [6, 6.07) is 0. The van der Waals surface area contributed by atoms with Gasteiger partial charge in [0.25, 0.3) is 0 Å². The zero-order valence-corrected chi connectivity index (χ0v) is 17.4. The fourth-order valence-electron chi connectivity index (χ4n) is 8.17. The Labute approximate surface area is 164 Å². The second-order valence-corrected chi connectivity index (χ2v) is 10.8. The Balaban J connectivity index is 1.54. The summed E-state index contributed by atoms with van der Waals surface area (Å²) >= 11 is 0. The van der Waals surface area contributed by atoms with Crippen molar-refractivity contribution in [1.29, 1.82) is 0 Å². The summed E-state index contributed by atoms with van der Waals surface area (Å²) in [5, 5.41) is 19.2. The fourth-order valence-corrected chi connectivity index (χ4v) is 8.17. The third-order valence-corrected chi connectivity index (χ3v) is 9.65. The van der Waals surface area contributed by atoms with Crippen LogP contribution in [0.4, 0.5) is 0 Å². The van der Waals surface area contributed by atoms with Gasteiger partial charge in [-0.3, -0.25) is 4.79 Å². The van der Waals surface area contributed by atoms with Gasteiger partial charge in [0.05, 0.1) is 6.10 Å². The van der Waals surface area contributed by atoms with Crippen LogP contribution >= 0.6 is 0 Å². The monoisotopic (exact) mass is 374 g/mol. The highest BCUT2D eigenvalue weighted by Crippen LogP contribution is 2.67. The van der Waals surface area contributed by atoms with E-state index in [1.165, 1.54) is 32.1 Å². The van der Waals surface area contributed by atoms with E-state index in [2.05, 4.69) is 26.8 Å². The second kappa shape index (κ2) is 6.90. The molecule has 0 aromatic heterocycles. The zero-order valence-electron chi connectivity index (χ0n) is 17.4. The minimum Gasteiger partial charge on any atom is -0.481 e. The lowest BCUT2D eigenvalue weighted by Gasteiger charge is -2.58. The normalized spacial score (nSPS) is 47.4. The summed E-state index contributed by atoms with van der Waals surface area (Å²) in [5.74, 6) is 2.94. The molecule has 0 spiro atoms. The molecule has 27 heavy (non-hydrogen) atoms. The number of aliphatic hydroxyl groups is 1. The van der Waals surface area contributed by atoms with Crippen LogP contribution in [0.5, 0.6) is 0 Å². The Bertz CT molecular complexity index is 625. The van der Waals surface area contributed by atoms with Gasteiger partial charge in [0, 0.05) is 6.42 Å². The molecule has 4 aliphatic rings. The van der Waals surface area contributed by atoms with Gasteiger partial charge in [-0.1, -0.05) is 32.4 Å². The van der Waals surface area contributed by atoms with Crippen LogP contribution in [0.2, 0.25) is 0 Å². The van der Waals surface area contributed by atoms with Crippen molar-refractivity contribution < 1.29 is 15.0 Å². The number of carboxylic acid groups (broad SMARTS) is 1. The molecule has 2 N–H and O–H groups in total. The van der Waals surface area contributed by atoms with E-state index in [4.69, 9.17) is 5.11 Å². The number of hydrogen-bond donors (Lipinski definition) is 2. The van der Waals surface area contributed by atoms with Crippen LogP contribution in [-0.4, -0.2) is 22.3 Å². The Kier molecular flexibility index (Phi) is 4.98. The summed E-state index contributed by atoms with van der Waals surface area (Å²) in [5.41, 5.74) is 2.27. The number of carboxylic acids is 1. The molecule has 3 nitrogen and oxygen atoms in total. The lowest BCUT2D eigenvalue weighted by atomic mass is 9.47. The Hall–Kier alpha value is -0.830. The number of fused-ring (bicyclic) bond motifs is 5. The number of aliphatic carboxylic acids is 1. The number of rotatable bonds is 4. The molecule has 8 atom stereocenters. The number of carbonyl (C=O) groups is 1. The van der Waals surface area contributed by atoms with Gasteiger partial charge in [-0.05, 0) is 98.2 Å². The van der Waals surface area contributed by atoms with Crippen LogP contribution in [0.15, 0.2) is 11.6 Å². The third kappa shape index (κ3) is 3.09. The molecule has 3 saturated carbocycles. The molecule has 4 rings (SSSR count). The molecule has 2 unspecified atom stereocenters. The molecule has 152 valence electrons. The quantitative estimate of drug-likeness (QED) is 0.645. The van der Waals surface area contributed by atoms with Crippen LogP contribution in [0, 0.1) is 40.4 Å². The first-order valence-electron chi connectivity index (χ1n) is 11.3. The third-order valence-electron chi connectivity index (χ3n) is 9.65. The molecular formula is C24H38O3. The van der Waals surface area contributed by atoms with Gasteiger partial charge < -0.3 is 10.2 Å². The van der Waals surface area contributed by atoms with Crippen molar-refractivity contribution >= 4 is 5.97 Å². The van der Waals surface area contributed by atoms with Crippen molar-refractivity contribution in [2.24, 2.45) is 40.4 Å². The summed E-state index contributed by atoms with van der Waals surface area (Å²) in [6.45, 7) is 7.33. The predicted molar refractivity (Wildman–Crippen MR) is 107 cm³/mol. The molecule has 0 aromatic rings. The fraction of sp³-hybridized carbons (Fsp3) is 0.875. The van der Waals surface area contributed by atoms with Gasteiger partial charge in [0.2, 0.25) is 0 Å². The standard InChI is InChI=1S/C24H38O3/c1-15(4-9-22(26)27)19-7-8-20-18-6-5-16-14-17(25)10-12-23(16,2)21(18)11-13-24(19,20)3/h5,15,17-21,25H,4,6-14H2,1-3H3,(H,26,27)/t15-,17-,18+,19-,20?,21?,23+,24-/m1/s1. The average Bonchev–Trinajstić information content (AvgIpc) is 2.97. The van der Waals surface area contributed by atoms with Crippen molar-refractivity contribution in [3.05, 3.63) is 11.6 Å². The molecule has 0 radical (unpaired) electrons. The molecule has 0 saturated heterocycles. The molecular weight excluding hydrogens is 336 g/mol. The number of allylic oxidation sites excluding steroid dienone is 1. The van der Waals surface area contributed by atoms with E-state index in [-0.39, 0.29) is 6.10 Å². The first-order valence-corrected chi connectivity index (χ1v) is 11.3. The first kappa shape index (κ1) is 19.5. The van der Waals surface area contributed by atoms with E-state index < -0.39 is 5.97 Å². The van der Waals surface area contributed by atoms with Crippen LogP contribution < -0.4 is 0 Å². The lowest BCUT2D eigenvalue weighted by molar-refractivity contribution is -0.137.